The van der Waals surface area contributed by atoms with Crippen molar-refractivity contribution in [1.82, 2.24) is 23.3 Å². The highest BCUT2D eigenvalue weighted by molar-refractivity contribution is 7.89. The van der Waals surface area contributed by atoms with Crippen molar-refractivity contribution < 1.29 is 17.6 Å². The third-order valence-electron chi connectivity index (χ3n) is 5.50. The van der Waals surface area contributed by atoms with E-state index in [9.17, 15) is 27.2 Å². The normalized spacial score (nSPS) is 15.3. The van der Waals surface area contributed by atoms with Crippen LogP contribution in [0.15, 0.2) is 50.9 Å². The first-order chi connectivity index (χ1) is 15.1. The number of nitrogens with zero attached hydrogens (tertiary/aromatic N) is 5. The van der Waals surface area contributed by atoms with Gasteiger partial charge in [0.25, 0.3) is 11.5 Å². The summed E-state index contributed by atoms with van der Waals surface area (Å²) in [4.78, 5) is 43.1. The van der Waals surface area contributed by atoms with Gasteiger partial charge in [0.1, 0.15) is 17.2 Å². The standard InChI is InChI=1S/C20H20FN5O5S/c1-23-17-15(18(27)24(2)20(23)29)7-8-16(22-17)19(28)25-9-11-26(12-10-25)32(30,31)14-5-3-13(21)4-6-14/h3-8H,9-12H2,1-2H3. The molecule has 0 saturated carbocycles. The molecule has 1 saturated heterocycles. The number of hydrogen-bond donors (Lipinski definition) is 0. The van der Waals surface area contributed by atoms with Crippen molar-refractivity contribution in [3.05, 3.63) is 68.7 Å². The van der Waals surface area contributed by atoms with Gasteiger partial charge < -0.3 is 4.90 Å². The minimum absolute atomic E-state index is 0.0163. The van der Waals surface area contributed by atoms with Crippen molar-refractivity contribution in [3.8, 4) is 0 Å². The van der Waals surface area contributed by atoms with Crippen molar-refractivity contribution in [1.29, 1.82) is 0 Å². The first kappa shape index (κ1) is 21.8. The number of carbonyl (C=O) groups is 1. The van der Waals surface area contributed by atoms with Crippen molar-refractivity contribution in [3.63, 3.8) is 0 Å². The number of hydrogen-bond acceptors (Lipinski definition) is 6. The maximum atomic E-state index is 13.1. The van der Waals surface area contributed by atoms with E-state index in [0.29, 0.717) is 0 Å². The van der Waals surface area contributed by atoms with E-state index in [1.54, 1.807) is 0 Å². The lowest BCUT2D eigenvalue weighted by molar-refractivity contribution is 0.0692. The van der Waals surface area contributed by atoms with Gasteiger partial charge in [0, 0.05) is 40.3 Å². The van der Waals surface area contributed by atoms with Crippen molar-refractivity contribution in [2.75, 3.05) is 26.2 Å². The number of sulfonamides is 1. The molecule has 0 N–H and O–H groups in total. The summed E-state index contributed by atoms with van der Waals surface area (Å²) in [7, 11) is -0.976. The fourth-order valence-corrected chi connectivity index (χ4v) is 5.04. The SMILES string of the molecule is Cn1c(=O)c2ccc(C(=O)N3CCN(S(=O)(=O)c4ccc(F)cc4)CC3)nc2n(C)c1=O. The molecular weight excluding hydrogens is 441 g/mol. The molecule has 1 aromatic carbocycles. The van der Waals surface area contributed by atoms with E-state index in [4.69, 9.17) is 0 Å². The van der Waals surface area contributed by atoms with E-state index in [-0.39, 0.29) is 47.8 Å². The smallest absolute Gasteiger partial charge is 0.332 e. The zero-order valence-electron chi connectivity index (χ0n) is 17.4. The molecule has 4 rings (SSSR count). The number of rotatable bonds is 3. The molecule has 1 aliphatic heterocycles. The maximum absolute atomic E-state index is 13.1. The highest BCUT2D eigenvalue weighted by atomic mass is 32.2. The van der Waals surface area contributed by atoms with Crippen LogP contribution < -0.4 is 11.2 Å². The number of pyridine rings is 1. The molecule has 0 aliphatic carbocycles. The van der Waals surface area contributed by atoms with E-state index in [1.807, 2.05) is 0 Å². The Balaban J connectivity index is 1.55. The average Bonchev–Trinajstić information content (AvgIpc) is 2.81. The Morgan fingerprint density at radius 1 is 0.938 bits per heavy atom. The molecule has 3 aromatic rings. The number of benzene rings is 1. The molecule has 168 valence electrons. The monoisotopic (exact) mass is 461 g/mol. The van der Waals surface area contributed by atoms with Crippen LogP contribution in [0.25, 0.3) is 11.0 Å². The second-order valence-corrected chi connectivity index (χ2v) is 9.36. The van der Waals surface area contributed by atoms with Crippen molar-refractivity contribution in [2.24, 2.45) is 14.1 Å². The van der Waals surface area contributed by atoms with Crippen molar-refractivity contribution in [2.45, 2.75) is 4.90 Å². The van der Waals surface area contributed by atoms with E-state index < -0.39 is 33.0 Å². The molecule has 0 unspecified atom stereocenters. The third-order valence-corrected chi connectivity index (χ3v) is 7.41. The Labute approximate surface area is 182 Å². The van der Waals surface area contributed by atoms with Crippen molar-refractivity contribution >= 4 is 27.0 Å². The highest BCUT2D eigenvalue weighted by Gasteiger charge is 2.31. The first-order valence-electron chi connectivity index (χ1n) is 9.73. The molecule has 1 amide bonds. The van der Waals surface area contributed by atoms with Gasteiger partial charge in [-0.1, -0.05) is 0 Å². The number of halogens is 1. The summed E-state index contributed by atoms with van der Waals surface area (Å²) in [5.74, 6) is -0.962. The van der Waals surface area contributed by atoms with Crippen LogP contribution in [-0.4, -0.2) is 63.8 Å². The Hall–Kier alpha value is -3.38. The zero-order chi connectivity index (χ0) is 23.2. The van der Waals surface area contributed by atoms with Crippen LogP contribution in [0.3, 0.4) is 0 Å². The van der Waals surface area contributed by atoms with Crippen LogP contribution in [0.4, 0.5) is 4.39 Å². The summed E-state index contributed by atoms with van der Waals surface area (Å²) in [6.45, 7) is 0.402. The molecule has 10 nitrogen and oxygen atoms in total. The number of fused-ring (bicyclic) bond motifs is 1. The fourth-order valence-electron chi connectivity index (χ4n) is 3.62. The molecule has 32 heavy (non-hydrogen) atoms. The average molecular weight is 461 g/mol. The number of aromatic nitrogens is 3. The molecule has 0 bridgehead atoms. The van der Waals surface area contributed by atoms with Gasteiger partial charge >= 0.3 is 5.69 Å². The quantitative estimate of drug-likeness (QED) is 0.539. The summed E-state index contributed by atoms with van der Waals surface area (Å²) in [6.07, 6.45) is 0. The minimum atomic E-state index is -3.80. The lowest BCUT2D eigenvalue weighted by Crippen LogP contribution is -2.50. The van der Waals surface area contributed by atoms with Gasteiger partial charge in [0.15, 0.2) is 0 Å². The van der Waals surface area contributed by atoms with E-state index in [2.05, 4.69) is 4.98 Å². The van der Waals surface area contributed by atoms with E-state index in [1.165, 1.54) is 52.1 Å². The van der Waals surface area contributed by atoms with Gasteiger partial charge in [-0.25, -0.2) is 22.6 Å². The molecule has 2 aromatic heterocycles. The van der Waals surface area contributed by atoms with E-state index in [0.717, 1.165) is 16.7 Å². The molecule has 1 aliphatic rings. The Morgan fingerprint density at radius 3 is 2.19 bits per heavy atom. The molecule has 0 radical (unpaired) electrons. The Bertz CT molecular complexity index is 1440. The first-order valence-corrected chi connectivity index (χ1v) is 11.2. The molecule has 0 spiro atoms. The second-order valence-electron chi connectivity index (χ2n) is 7.42. The van der Waals surface area contributed by atoms with Crippen LogP contribution in [0.5, 0.6) is 0 Å². The third kappa shape index (κ3) is 3.60. The summed E-state index contributed by atoms with van der Waals surface area (Å²) < 4.78 is 42.0. The summed E-state index contributed by atoms with van der Waals surface area (Å²) in [5, 5.41) is 0.210. The predicted molar refractivity (Wildman–Crippen MR) is 113 cm³/mol. The van der Waals surface area contributed by atoms with Crippen LogP contribution in [0, 0.1) is 5.82 Å². The maximum Gasteiger partial charge on any atom is 0.332 e. The van der Waals surface area contributed by atoms with Crippen LogP contribution in [-0.2, 0) is 24.1 Å². The highest BCUT2D eigenvalue weighted by Crippen LogP contribution is 2.19. The molecule has 1 fully saturated rings. The number of amides is 1. The fraction of sp³-hybridized carbons (Fsp3) is 0.300. The zero-order valence-corrected chi connectivity index (χ0v) is 18.2. The molecular formula is C20H20FN5O5S. The second kappa shape index (κ2) is 7.95. The lowest BCUT2D eigenvalue weighted by Gasteiger charge is -2.33. The number of piperazine rings is 1. The van der Waals surface area contributed by atoms with Gasteiger partial charge in [-0.15, -0.1) is 0 Å². The van der Waals surface area contributed by atoms with Crippen LogP contribution in [0.1, 0.15) is 10.5 Å². The Kier molecular flexibility index (Phi) is 5.42. The van der Waals surface area contributed by atoms with Gasteiger partial charge in [-0.3, -0.25) is 18.7 Å². The summed E-state index contributed by atoms with van der Waals surface area (Å²) in [5.41, 5.74) is -0.912. The van der Waals surface area contributed by atoms with Crippen LogP contribution in [0.2, 0.25) is 0 Å². The Morgan fingerprint density at radius 2 is 1.56 bits per heavy atom. The summed E-state index contributed by atoms with van der Waals surface area (Å²) in [6, 6.07) is 7.44. The van der Waals surface area contributed by atoms with Gasteiger partial charge in [0.2, 0.25) is 10.0 Å². The predicted octanol–water partition coefficient (Wildman–Crippen LogP) is -0.0820. The van der Waals surface area contributed by atoms with Crippen LogP contribution >= 0.6 is 0 Å². The molecule has 0 atom stereocenters. The number of aryl methyl sites for hydroxylation is 1. The minimum Gasteiger partial charge on any atom is -0.335 e. The molecule has 3 heterocycles. The largest absolute Gasteiger partial charge is 0.335 e. The van der Waals surface area contributed by atoms with E-state index >= 15 is 0 Å². The molecule has 12 heteroatoms. The topological polar surface area (TPSA) is 115 Å². The lowest BCUT2D eigenvalue weighted by atomic mass is 10.2. The van der Waals surface area contributed by atoms with Gasteiger partial charge in [0.05, 0.1) is 10.3 Å². The number of carbonyl (C=O) groups excluding carboxylic acids is 1. The van der Waals surface area contributed by atoms with Gasteiger partial charge in [-0.05, 0) is 36.4 Å². The van der Waals surface area contributed by atoms with Gasteiger partial charge in [-0.2, -0.15) is 4.31 Å². The summed E-state index contributed by atoms with van der Waals surface area (Å²) >= 11 is 0.